The van der Waals surface area contributed by atoms with Crippen LogP contribution in [0, 0.1) is 0 Å². The molecule has 11 heteroatoms. The van der Waals surface area contributed by atoms with E-state index in [1.807, 2.05) is 33.8 Å². The van der Waals surface area contributed by atoms with Gasteiger partial charge in [0.1, 0.15) is 5.52 Å². The second-order valence-electron chi connectivity index (χ2n) is 7.31. The molecule has 3 aromatic rings. The smallest absolute Gasteiger partial charge is 0.298 e. The van der Waals surface area contributed by atoms with Gasteiger partial charge in [-0.3, -0.25) is 4.79 Å². The van der Waals surface area contributed by atoms with Crippen LogP contribution in [-0.2, 0) is 0 Å². The molecule has 162 valence electrons. The summed E-state index contributed by atoms with van der Waals surface area (Å²) in [4.78, 5) is 21.3. The van der Waals surface area contributed by atoms with E-state index in [9.17, 15) is 4.79 Å². The fraction of sp³-hybridized carbons (Fsp3) is 0.474. The Balaban J connectivity index is 0.00000128. The number of amides is 1. The number of piperazine rings is 1. The number of benzene rings is 1. The maximum atomic E-state index is 12.8. The molecule has 0 spiro atoms. The minimum absolute atomic E-state index is 0. The van der Waals surface area contributed by atoms with Crippen molar-refractivity contribution in [1.29, 1.82) is 0 Å². The fourth-order valence-corrected chi connectivity index (χ4v) is 3.88. The van der Waals surface area contributed by atoms with Crippen molar-refractivity contribution in [3.63, 3.8) is 0 Å². The lowest BCUT2D eigenvalue weighted by Gasteiger charge is -2.33. The first-order valence-corrected chi connectivity index (χ1v) is 9.80. The van der Waals surface area contributed by atoms with E-state index in [1.165, 1.54) is 0 Å². The van der Waals surface area contributed by atoms with Gasteiger partial charge in [-0.05, 0) is 38.1 Å². The number of carbonyl (C=O) groups is 1. The Morgan fingerprint density at radius 2 is 1.80 bits per heavy atom. The molecule has 4 heterocycles. The van der Waals surface area contributed by atoms with Crippen LogP contribution in [0.1, 0.15) is 29.4 Å². The van der Waals surface area contributed by atoms with Gasteiger partial charge in [0, 0.05) is 26.2 Å². The zero-order valence-electron chi connectivity index (χ0n) is 16.4. The van der Waals surface area contributed by atoms with Crippen LogP contribution in [0.5, 0.6) is 0 Å². The van der Waals surface area contributed by atoms with Gasteiger partial charge < -0.3 is 19.5 Å². The number of anilines is 1. The molecule has 2 saturated heterocycles. The van der Waals surface area contributed by atoms with Gasteiger partial charge in [0.15, 0.2) is 11.3 Å². The molecule has 5 rings (SSSR count). The van der Waals surface area contributed by atoms with E-state index in [1.54, 1.807) is 6.20 Å². The summed E-state index contributed by atoms with van der Waals surface area (Å²) in [5, 5.41) is 11.7. The van der Waals surface area contributed by atoms with Crippen molar-refractivity contribution in [2.75, 3.05) is 44.2 Å². The third-order valence-corrected chi connectivity index (χ3v) is 5.53. The number of halogens is 2. The lowest BCUT2D eigenvalue weighted by molar-refractivity contribution is 0.0739. The first-order valence-electron chi connectivity index (χ1n) is 9.80. The first-order chi connectivity index (χ1) is 13.8. The Kier molecular flexibility index (Phi) is 7.17. The second-order valence-corrected chi connectivity index (χ2v) is 7.31. The summed E-state index contributed by atoms with van der Waals surface area (Å²) in [6.45, 7) is 4.54. The number of nitrogens with one attached hydrogen (secondary N) is 1. The largest absolute Gasteiger partial charge is 0.423 e. The minimum atomic E-state index is -0.0580. The lowest BCUT2D eigenvalue weighted by Crippen LogP contribution is -2.49. The van der Waals surface area contributed by atoms with Gasteiger partial charge in [-0.25, -0.2) is 4.68 Å². The molecule has 0 saturated carbocycles. The number of rotatable bonds is 3. The van der Waals surface area contributed by atoms with Gasteiger partial charge in [-0.2, -0.15) is 4.98 Å². The molecule has 2 aromatic heterocycles. The maximum absolute atomic E-state index is 12.8. The Hall–Kier alpha value is -2.36. The number of para-hydroxylation sites is 2. The lowest BCUT2D eigenvalue weighted by atomic mass is 10.1. The molecule has 0 unspecified atom stereocenters. The van der Waals surface area contributed by atoms with Crippen molar-refractivity contribution >= 4 is 47.8 Å². The van der Waals surface area contributed by atoms with Crippen LogP contribution in [0.3, 0.4) is 0 Å². The van der Waals surface area contributed by atoms with E-state index < -0.39 is 0 Å². The predicted molar refractivity (Wildman–Crippen MR) is 118 cm³/mol. The summed E-state index contributed by atoms with van der Waals surface area (Å²) in [6, 6.07) is 8.68. The number of piperidine rings is 1. The van der Waals surface area contributed by atoms with Gasteiger partial charge >= 0.3 is 0 Å². The predicted octanol–water partition coefficient (Wildman–Crippen LogP) is 2.15. The highest BCUT2D eigenvalue weighted by atomic mass is 35.5. The zero-order chi connectivity index (χ0) is 18.9. The standard InChI is InChI=1S/C19H23N7O2.2ClH/c27-18(16-13-26(23-22-16)14-5-7-20-8-6-14)24-9-11-25(12-10-24)19-21-15-3-1-2-4-17(15)28-19;;/h1-4,13-14,20H,5-12H2;2*1H. The fourth-order valence-electron chi connectivity index (χ4n) is 3.88. The zero-order valence-corrected chi connectivity index (χ0v) is 18.1. The Morgan fingerprint density at radius 3 is 2.53 bits per heavy atom. The Morgan fingerprint density at radius 1 is 1.07 bits per heavy atom. The van der Waals surface area contributed by atoms with Crippen LogP contribution in [0.15, 0.2) is 34.9 Å². The molecule has 30 heavy (non-hydrogen) atoms. The molecule has 1 aromatic carbocycles. The monoisotopic (exact) mass is 453 g/mol. The second kappa shape index (κ2) is 9.63. The third kappa shape index (κ3) is 4.38. The van der Waals surface area contributed by atoms with E-state index in [0.717, 1.165) is 37.0 Å². The molecule has 0 bridgehead atoms. The minimum Gasteiger partial charge on any atom is -0.423 e. The summed E-state index contributed by atoms with van der Waals surface area (Å²) in [7, 11) is 0. The highest BCUT2D eigenvalue weighted by Gasteiger charge is 2.27. The van der Waals surface area contributed by atoms with Crippen molar-refractivity contribution in [3.8, 4) is 0 Å². The molecule has 2 aliphatic heterocycles. The molecule has 2 aliphatic rings. The SMILES string of the molecule is Cl.Cl.O=C(c1cn(C2CCNCC2)nn1)N1CCN(c2nc3ccccc3o2)CC1. The van der Waals surface area contributed by atoms with Crippen molar-refractivity contribution < 1.29 is 9.21 Å². The van der Waals surface area contributed by atoms with E-state index in [0.29, 0.717) is 43.9 Å². The number of aromatic nitrogens is 4. The summed E-state index contributed by atoms with van der Waals surface area (Å²) < 4.78 is 7.69. The van der Waals surface area contributed by atoms with Crippen LogP contribution >= 0.6 is 24.8 Å². The van der Waals surface area contributed by atoms with Crippen molar-refractivity contribution in [2.45, 2.75) is 18.9 Å². The van der Waals surface area contributed by atoms with Crippen molar-refractivity contribution in [3.05, 3.63) is 36.2 Å². The third-order valence-electron chi connectivity index (χ3n) is 5.53. The number of nitrogens with zero attached hydrogens (tertiary/aromatic N) is 6. The summed E-state index contributed by atoms with van der Waals surface area (Å²) >= 11 is 0. The molecule has 0 radical (unpaired) electrons. The highest BCUT2D eigenvalue weighted by Crippen LogP contribution is 2.23. The average molecular weight is 454 g/mol. The topological polar surface area (TPSA) is 92.3 Å². The number of hydrogen-bond acceptors (Lipinski definition) is 7. The van der Waals surface area contributed by atoms with Crippen LogP contribution < -0.4 is 10.2 Å². The Labute approximate surface area is 186 Å². The molecular weight excluding hydrogens is 429 g/mol. The van der Waals surface area contributed by atoms with E-state index in [2.05, 4.69) is 25.5 Å². The highest BCUT2D eigenvalue weighted by molar-refractivity contribution is 5.92. The van der Waals surface area contributed by atoms with Crippen LogP contribution in [0.25, 0.3) is 11.1 Å². The summed E-state index contributed by atoms with van der Waals surface area (Å²) in [5.74, 6) is -0.0580. The maximum Gasteiger partial charge on any atom is 0.298 e. The number of fused-ring (bicyclic) bond motifs is 1. The van der Waals surface area contributed by atoms with Gasteiger partial charge in [0.05, 0.1) is 12.2 Å². The molecule has 9 nitrogen and oxygen atoms in total. The van der Waals surface area contributed by atoms with E-state index >= 15 is 0 Å². The first kappa shape index (κ1) is 22.3. The van der Waals surface area contributed by atoms with E-state index in [4.69, 9.17) is 4.42 Å². The summed E-state index contributed by atoms with van der Waals surface area (Å²) in [5.41, 5.74) is 2.06. The quantitative estimate of drug-likeness (QED) is 0.649. The van der Waals surface area contributed by atoms with Gasteiger partial charge in [0.2, 0.25) is 0 Å². The average Bonchev–Trinajstić information content (AvgIpc) is 3.41. The molecule has 0 atom stereocenters. The van der Waals surface area contributed by atoms with Crippen LogP contribution in [-0.4, -0.2) is 70.1 Å². The normalized spacial score (nSPS) is 17.5. The van der Waals surface area contributed by atoms with Crippen molar-refractivity contribution in [2.24, 2.45) is 0 Å². The van der Waals surface area contributed by atoms with Crippen LogP contribution in [0.4, 0.5) is 6.01 Å². The Bertz CT molecular complexity index is 945. The molecular formula is C19H25Cl2N7O2. The van der Waals surface area contributed by atoms with Gasteiger partial charge in [-0.1, -0.05) is 17.3 Å². The summed E-state index contributed by atoms with van der Waals surface area (Å²) in [6.07, 6.45) is 3.83. The number of carbonyl (C=O) groups excluding carboxylic acids is 1. The van der Waals surface area contributed by atoms with Gasteiger partial charge in [0.25, 0.3) is 11.9 Å². The number of hydrogen-bond donors (Lipinski definition) is 1. The van der Waals surface area contributed by atoms with Crippen molar-refractivity contribution in [1.82, 2.24) is 30.2 Å². The number of oxazole rings is 1. The van der Waals surface area contributed by atoms with E-state index in [-0.39, 0.29) is 30.7 Å². The molecule has 1 amide bonds. The van der Waals surface area contributed by atoms with Crippen LogP contribution in [0.2, 0.25) is 0 Å². The molecule has 1 N–H and O–H groups in total. The molecule has 2 fully saturated rings. The molecule has 0 aliphatic carbocycles. The van der Waals surface area contributed by atoms with Gasteiger partial charge in [-0.15, -0.1) is 29.9 Å².